The van der Waals surface area contributed by atoms with Crippen LogP contribution in [0.4, 0.5) is 11.4 Å². The number of benzene rings is 3. The number of hydrogen-bond donors (Lipinski definition) is 3. The van der Waals surface area contributed by atoms with Crippen LogP contribution < -0.4 is 16.0 Å². The topological polar surface area (TPSA) is 87.3 Å². The van der Waals surface area contributed by atoms with E-state index in [-0.39, 0.29) is 22.8 Å². The van der Waals surface area contributed by atoms with E-state index in [4.69, 9.17) is 0 Å². The molecular formula is C29H25N3O3S2. The molecule has 1 atom stereocenters. The third-order valence-electron chi connectivity index (χ3n) is 5.22. The smallest absolute Gasteiger partial charge is 0.272 e. The Morgan fingerprint density at radius 3 is 2.11 bits per heavy atom. The van der Waals surface area contributed by atoms with Gasteiger partial charge in [-0.3, -0.25) is 14.4 Å². The fraction of sp³-hybridized carbons (Fsp3) is 0.0690. The maximum Gasteiger partial charge on any atom is 0.272 e. The molecule has 4 aromatic rings. The van der Waals surface area contributed by atoms with Crippen molar-refractivity contribution in [2.45, 2.75) is 17.1 Å². The summed E-state index contributed by atoms with van der Waals surface area (Å²) in [6.07, 6.45) is 1.64. The van der Waals surface area contributed by atoms with Gasteiger partial charge in [0, 0.05) is 21.8 Å². The maximum absolute atomic E-state index is 13.1. The van der Waals surface area contributed by atoms with Crippen molar-refractivity contribution in [2.75, 3.05) is 10.6 Å². The highest BCUT2D eigenvalue weighted by Crippen LogP contribution is 2.26. The summed E-state index contributed by atoms with van der Waals surface area (Å²) >= 11 is 2.92. The number of thioether (sulfide) groups is 1. The molecule has 0 aliphatic rings. The summed E-state index contributed by atoms with van der Waals surface area (Å²) in [7, 11) is 0. The Hall–Kier alpha value is -4.14. The van der Waals surface area contributed by atoms with Gasteiger partial charge in [0.2, 0.25) is 5.91 Å². The standard InChI is InChI=1S/C29H25N3O3S2/c1-20(27(33)30-23-10-6-3-7-11-23)37-25-14-12-24(13-15-25)31-29(35)26(18-21-16-17-36-19-21)32-28(34)22-8-4-2-5-9-22/h2-20H,1H3,(H,30,33)(H,31,35)(H,32,34)/b26-18-. The Balaban J connectivity index is 1.39. The van der Waals surface area contributed by atoms with E-state index < -0.39 is 5.91 Å². The second-order valence-corrected chi connectivity index (χ2v) is 10.2. The van der Waals surface area contributed by atoms with Crippen molar-refractivity contribution < 1.29 is 14.4 Å². The molecule has 0 bridgehead atoms. The molecule has 0 spiro atoms. The molecule has 1 heterocycles. The summed E-state index contributed by atoms with van der Waals surface area (Å²) in [5.41, 5.74) is 2.73. The number of rotatable bonds is 9. The normalized spacial score (nSPS) is 11.9. The molecule has 37 heavy (non-hydrogen) atoms. The largest absolute Gasteiger partial charge is 0.325 e. The SMILES string of the molecule is CC(Sc1ccc(NC(=O)/C(=C/c2ccsc2)NC(=O)c2ccccc2)cc1)C(=O)Nc1ccccc1. The van der Waals surface area contributed by atoms with Crippen molar-refractivity contribution in [1.29, 1.82) is 0 Å². The molecule has 0 saturated carbocycles. The first-order valence-corrected chi connectivity index (χ1v) is 13.3. The van der Waals surface area contributed by atoms with Crippen molar-refractivity contribution in [3.63, 3.8) is 0 Å². The minimum Gasteiger partial charge on any atom is -0.325 e. The molecule has 4 rings (SSSR count). The lowest BCUT2D eigenvalue weighted by Gasteiger charge is -2.13. The highest BCUT2D eigenvalue weighted by molar-refractivity contribution is 8.00. The maximum atomic E-state index is 13.1. The van der Waals surface area contributed by atoms with E-state index >= 15 is 0 Å². The highest BCUT2D eigenvalue weighted by Gasteiger charge is 2.17. The van der Waals surface area contributed by atoms with Crippen LogP contribution in [-0.2, 0) is 9.59 Å². The third-order valence-corrected chi connectivity index (χ3v) is 7.03. The fourth-order valence-electron chi connectivity index (χ4n) is 3.30. The van der Waals surface area contributed by atoms with Crippen LogP contribution in [0.1, 0.15) is 22.8 Å². The van der Waals surface area contributed by atoms with Gasteiger partial charge in [-0.2, -0.15) is 11.3 Å². The van der Waals surface area contributed by atoms with Crippen LogP contribution in [0.3, 0.4) is 0 Å². The van der Waals surface area contributed by atoms with Gasteiger partial charge >= 0.3 is 0 Å². The number of amides is 3. The first kappa shape index (κ1) is 25.9. The predicted octanol–water partition coefficient (Wildman–Crippen LogP) is 6.28. The minimum absolute atomic E-state index is 0.0917. The summed E-state index contributed by atoms with van der Waals surface area (Å²) in [6, 6.07) is 27.1. The van der Waals surface area contributed by atoms with Crippen LogP contribution in [0.25, 0.3) is 6.08 Å². The number of carbonyl (C=O) groups is 3. The summed E-state index contributed by atoms with van der Waals surface area (Å²) < 4.78 is 0. The molecule has 0 fully saturated rings. The molecule has 0 aliphatic heterocycles. The van der Waals surface area contributed by atoms with E-state index in [1.54, 1.807) is 42.5 Å². The van der Waals surface area contributed by atoms with Crippen LogP contribution in [0.15, 0.2) is 112 Å². The van der Waals surface area contributed by atoms with Crippen LogP contribution in [0.2, 0.25) is 0 Å². The van der Waals surface area contributed by atoms with Gasteiger partial charge in [-0.15, -0.1) is 11.8 Å². The first-order chi connectivity index (χ1) is 18.0. The first-order valence-electron chi connectivity index (χ1n) is 11.5. The Morgan fingerprint density at radius 2 is 1.46 bits per heavy atom. The lowest BCUT2D eigenvalue weighted by atomic mass is 10.2. The number of para-hydroxylation sites is 1. The van der Waals surface area contributed by atoms with Crippen molar-refractivity contribution in [2.24, 2.45) is 0 Å². The van der Waals surface area contributed by atoms with Crippen molar-refractivity contribution in [3.8, 4) is 0 Å². The summed E-state index contributed by atoms with van der Waals surface area (Å²) in [6.45, 7) is 1.84. The van der Waals surface area contributed by atoms with Gasteiger partial charge in [0.05, 0.1) is 5.25 Å². The van der Waals surface area contributed by atoms with Gasteiger partial charge in [0.25, 0.3) is 11.8 Å². The van der Waals surface area contributed by atoms with Crippen LogP contribution in [0.5, 0.6) is 0 Å². The van der Waals surface area contributed by atoms with Crippen LogP contribution >= 0.6 is 23.1 Å². The predicted molar refractivity (Wildman–Crippen MR) is 152 cm³/mol. The van der Waals surface area contributed by atoms with E-state index in [0.29, 0.717) is 11.3 Å². The summed E-state index contributed by atoms with van der Waals surface area (Å²) in [5, 5.41) is 11.9. The molecule has 6 nitrogen and oxygen atoms in total. The molecule has 0 saturated heterocycles. The Kier molecular flexibility index (Phi) is 8.91. The molecule has 3 amide bonds. The fourth-order valence-corrected chi connectivity index (χ4v) is 4.79. The molecule has 0 radical (unpaired) electrons. The highest BCUT2D eigenvalue weighted by atomic mass is 32.2. The number of thiophene rings is 1. The molecule has 186 valence electrons. The van der Waals surface area contributed by atoms with E-state index in [1.807, 2.05) is 72.3 Å². The zero-order chi connectivity index (χ0) is 26.0. The van der Waals surface area contributed by atoms with E-state index in [1.165, 1.54) is 23.1 Å². The van der Waals surface area contributed by atoms with Crippen molar-refractivity contribution in [3.05, 3.63) is 119 Å². The zero-order valence-electron chi connectivity index (χ0n) is 20.0. The molecule has 1 unspecified atom stereocenters. The lowest BCUT2D eigenvalue weighted by Crippen LogP contribution is -2.30. The van der Waals surface area contributed by atoms with Gasteiger partial charge in [-0.05, 0) is 83.9 Å². The van der Waals surface area contributed by atoms with Crippen molar-refractivity contribution >= 4 is 58.3 Å². The Labute approximate surface area is 223 Å². The Morgan fingerprint density at radius 1 is 0.811 bits per heavy atom. The van der Waals surface area contributed by atoms with Gasteiger partial charge in [-0.25, -0.2) is 0 Å². The Bertz CT molecular complexity index is 1370. The number of anilines is 2. The molecule has 3 aromatic carbocycles. The van der Waals surface area contributed by atoms with Crippen LogP contribution in [0, 0.1) is 0 Å². The number of carbonyl (C=O) groups excluding carboxylic acids is 3. The van der Waals surface area contributed by atoms with Gasteiger partial charge in [0.1, 0.15) is 5.70 Å². The second kappa shape index (κ2) is 12.7. The number of nitrogens with one attached hydrogen (secondary N) is 3. The molecule has 1 aromatic heterocycles. The summed E-state index contributed by atoms with van der Waals surface area (Å²) in [4.78, 5) is 39.2. The van der Waals surface area contributed by atoms with Crippen LogP contribution in [-0.4, -0.2) is 23.0 Å². The van der Waals surface area contributed by atoms with Crippen molar-refractivity contribution in [1.82, 2.24) is 5.32 Å². The van der Waals surface area contributed by atoms with Gasteiger partial charge < -0.3 is 16.0 Å². The minimum atomic E-state index is -0.438. The second-order valence-electron chi connectivity index (χ2n) is 8.03. The average Bonchev–Trinajstić information content (AvgIpc) is 3.43. The van der Waals surface area contributed by atoms with Gasteiger partial charge in [0.15, 0.2) is 0 Å². The van der Waals surface area contributed by atoms with E-state index in [0.717, 1.165) is 16.1 Å². The monoisotopic (exact) mass is 527 g/mol. The quantitative estimate of drug-likeness (QED) is 0.177. The van der Waals surface area contributed by atoms with E-state index in [9.17, 15) is 14.4 Å². The lowest BCUT2D eigenvalue weighted by molar-refractivity contribution is -0.115. The molecular weight excluding hydrogens is 502 g/mol. The zero-order valence-corrected chi connectivity index (χ0v) is 21.6. The number of hydrogen-bond acceptors (Lipinski definition) is 5. The van der Waals surface area contributed by atoms with Gasteiger partial charge in [-0.1, -0.05) is 36.4 Å². The molecule has 3 N–H and O–H groups in total. The third kappa shape index (κ3) is 7.67. The summed E-state index contributed by atoms with van der Waals surface area (Å²) in [5.74, 6) is -0.899. The van der Waals surface area contributed by atoms with E-state index in [2.05, 4.69) is 16.0 Å². The molecule has 0 aliphatic carbocycles. The average molecular weight is 528 g/mol. The molecule has 8 heteroatoms.